The number of hydrogen-bond donors (Lipinski definition) is 1. The third-order valence-corrected chi connectivity index (χ3v) is 3.86. The van der Waals surface area contributed by atoms with Crippen LogP contribution in [0.2, 0.25) is 0 Å². The van der Waals surface area contributed by atoms with Crippen molar-refractivity contribution >= 4 is 5.91 Å². The molecular formula is C17H18N2O3. The summed E-state index contributed by atoms with van der Waals surface area (Å²) in [6.45, 7) is 0.628. The molecule has 5 heteroatoms. The minimum Gasteiger partial charge on any atom is -0.497 e. The summed E-state index contributed by atoms with van der Waals surface area (Å²) < 4.78 is 11.0. The number of benzene rings is 1. The topological polar surface area (TPSA) is 74.4 Å². The van der Waals surface area contributed by atoms with Crippen LogP contribution in [0.5, 0.6) is 11.5 Å². The van der Waals surface area contributed by atoms with Crippen molar-refractivity contribution in [2.75, 3.05) is 13.7 Å². The van der Waals surface area contributed by atoms with Crippen molar-refractivity contribution in [2.45, 2.75) is 12.8 Å². The van der Waals surface area contributed by atoms with Crippen LogP contribution in [0.15, 0.2) is 36.5 Å². The predicted molar refractivity (Wildman–Crippen MR) is 82.1 cm³/mol. The van der Waals surface area contributed by atoms with E-state index >= 15 is 0 Å². The van der Waals surface area contributed by atoms with Gasteiger partial charge in [0, 0.05) is 29.4 Å². The molecule has 0 aliphatic carbocycles. The summed E-state index contributed by atoms with van der Waals surface area (Å²) in [7, 11) is 1.64. The van der Waals surface area contributed by atoms with Crippen LogP contribution in [-0.2, 0) is 12.8 Å². The van der Waals surface area contributed by atoms with E-state index in [2.05, 4.69) is 4.98 Å². The van der Waals surface area contributed by atoms with Crippen molar-refractivity contribution in [3.63, 3.8) is 0 Å². The molecule has 2 N–H and O–H groups in total. The number of carbonyl (C=O) groups is 1. The summed E-state index contributed by atoms with van der Waals surface area (Å²) in [6.07, 6.45) is 3.30. The molecular weight excluding hydrogens is 280 g/mol. The maximum Gasteiger partial charge on any atom is 0.248 e. The van der Waals surface area contributed by atoms with Gasteiger partial charge in [-0.15, -0.1) is 0 Å². The molecule has 0 bridgehead atoms. The lowest BCUT2D eigenvalue weighted by atomic mass is 9.92. The summed E-state index contributed by atoms with van der Waals surface area (Å²) in [5.74, 6) is 1.58. The van der Waals surface area contributed by atoms with Gasteiger partial charge in [-0.25, -0.2) is 0 Å². The van der Waals surface area contributed by atoms with Gasteiger partial charge < -0.3 is 15.2 Å². The molecule has 0 radical (unpaired) electrons. The second-order valence-corrected chi connectivity index (χ2v) is 5.46. The molecule has 5 nitrogen and oxygen atoms in total. The van der Waals surface area contributed by atoms with Crippen LogP contribution in [-0.4, -0.2) is 24.6 Å². The highest BCUT2D eigenvalue weighted by Crippen LogP contribution is 2.31. The van der Waals surface area contributed by atoms with Crippen LogP contribution < -0.4 is 15.2 Å². The standard InChI is InChI=1S/C17H18N2O3/c1-21-15-3-2-12-6-11(10-22-16(12)9-15)7-14-8-13(17(18)20)4-5-19-14/h2-5,8-9,11H,6-7,10H2,1H3,(H2,18,20)/t11-/m1/s1. The Morgan fingerprint density at radius 1 is 1.41 bits per heavy atom. The van der Waals surface area contributed by atoms with E-state index in [0.29, 0.717) is 18.1 Å². The Morgan fingerprint density at radius 3 is 3.05 bits per heavy atom. The molecule has 0 fully saturated rings. The third-order valence-electron chi connectivity index (χ3n) is 3.86. The van der Waals surface area contributed by atoms with Crippen LogP contribution in [0.25, 0.3) is 0 Å². The van der Waals surface area contributed by atoms with Gasteiger partial charge >= 0.3 is 0 Å². The Bertz CT molecular complexity index is 700. The SMILES string of the molecule is COc1ccc2c(c1)OC[C@@H](Cc1cc(C(N)=O)ccn1)C2. The third kappa shape index (κ3) is 3.03. The normalized spacial score (nSPS) is 16.5. The van der Waals surface area contributed by atoms with E-state index in [-0.39, 0.29) is 0 Å². The number of nitrogens with zero attached hydrogens (tertiary/aromatic N) is 1. The Hall–Kier alpha value is -2.56. The second-order valence-electron chi connectivity index (χ2n) is 5.46. The van der Waals surface area contributed by atoms with Crippen molar-refractivity contribution in [3.8, 4) is 11.5 Å². The van der Waals surface area contributed by atoms with Crippen molar-refractivity contribution < 1.29 is 14.3 Å². The number of rotatable bonds is 4. The van der Waals surface area contributed by atoms with Gasteiger partial charge in [-0.1, -0.05) is 6.07 Å². The number of primary amides is 1. The minimum atomic E-state index is -0.430. The first-order chi connectivity index (χ1) is 10.7. The number of nitrogens with two attached hydrogens (primary N) is 1. The zero-order valence-electron chi connectivity index (χ0n) is 12.4. The molecule has 0 unspecified atom stereocenters. The number of carbonyl (C=O) groups excluding carboxylic acids is 1. The highest BCUT2D eigenvalue weighted by Gasteiger charge is 2.21. The van der Waals surface area contributed by atoms with E-state index in [1.165, 1.54) is 5.56 Å². The van der Waals surface area contributed by atoms with E-state index in [1.807, 2.05) is 18.2 Å². The van der Waals surface area contributed by atoms with Gasteiger partial charge in [-0.05, 0) is 36.6 Å². The number of amides is 1. The first-order valence-electron chi connectivity index (χ1n) is 7.20. The largest absolute Gasteiger partial charge is 0.497 e. The molecule has 3 rings (SSSR count). The Morgan fingerprint density at radius 2 is 2.27 bits per heavy atom. The lowest BCUT2D eigenvalue weighted by molar-refractivity contribution is 0.1000. The second kappa shape index (κ2) is 6.05. The summed E-state index contributed by atoms with van der Waals surface area (Å²) in [5.41, 5.74) is 7.83. The lowest BCUT2D eigenvalue weighted by Gasteiger charge is -2.25. The maximum atomic E-state index is 11.2. The fourth-order valence-corrected chi connectivity index (χ4v) is 2.71. The number of hydrogen-bond acceptors (Lipinski definition) is 4. The summed E-state index contributed by atoms with van der Waals surface area (Å²) in [4.78, 5) is 15.5. The van der Waals surface area contributed by atoms with Crippen LogP contribution in [0.4, 0.5) is 0 Å². The van der Waals surface area contributed by atoms with Gasteiger partial charge in [0.05, 0.1) is 13.7 Å². The van der Waals surface area contributed by atoms with Crippen LogP contribution in [0.3, 0.4) is 0 Å². The number of methoxy groups -OCH3 is 1. The van der Waals surface area contributed by atoms with E-state index in [4.69, 9.17) is 15.2 Å². The fraction of sp³-hybridized carbons (Fsp3) is 0.294. The number of aromatic nitrogens is 1. The summed E-state index contributed by atoms with van der Waals surface area (Å²) in [5, 5.41) is 0. The van der Waals surface area contributed by atoms with Crippen molar-refractivity contribution in [1.29, 1.82) is 0 Å². The number of ether oxygens (including phenoxy) is 2. The molecule has 0 saturated heterocycles. The number of pyridine rings is 1. The van der Waals surface area contributed by atoms with E-state index in [9.17, 15) is 4.79 Å². The maximum absolute atomic E-state index is 11.2. The highest BCUT2D eigenvalue weighted by molar-refractivity contribution is 5.92. The smallest absolute Gasteiger partial charge is 0.248 e. The molecule has 1 atom stereocenters. The van der Waals surface area contributed by atoms with Gasteiger partial charge in [0.2, 0.25) is 5.91 Å². The van der Waals surface area contributed by atoms with Crippen LogP contribution >= 0.6 is 0 Å². The molecule has 1 aromatic heterocycles. The molecule has 0 saturated carbocycles. The molecule has 2 heterocycles. The average molecular weight is 298 g/mol. The van der Waals surface area contributed by atoms with Crippen LogP contribution in [0.1, 0.15) is 21.6 Å². The van der Waals surface area contributed by atoms with Gasteiger partial charge in [0.25, 0.3) is 0 Å². The van der Waals surface area contributed by atoms with Crippen molar-refractivity contribution in [3.05, 3.63) is 53.3 Å². The summed E-state index contributed by atoms with van der Waals surface area (Å²) >= 11 is 0. The van der Waals surface area contributed by atoms with Crippen LogP contribution in [0, 0.1) is 5.92 Å². The van der Waals surface area contributed by atoms with Gasteiger partial charge in [-0.3, -0.25) is 9.78 Å². The first-order valence-corrected chi connectivity index (χ1v) is 7.20. The van der Waals surface area contributed by atoms with Gasteiger partial charge in [0.15, 0.2) is 0 Å². The quantitative estimate of drug-likeness (QED) is 0.936. The zero-order valence-corrected chi connectivity index (χ0v) is 12.4. The Balaban J connectivity index is 1.72. The van der Waals surface area contributed by atoms with Crippen molar-refractivity contribution in [1.82, 2.24) is 4.98 Å². The van der Waals surface area contributed by atoms with E-state index in [0.717, 1.165) is 30.0 Å². The lowest BCUT2D eigenvalue weighted by Crippen LogP contribution is -2.23. The molecule has 1 aliphatic heterocycles. The number of fused-ring (bicyclic) bond motifs is 1. The minimum absolute atomic E-state index is 0.330. The zero-order chi connectivity index (χ0) is 15.5. The van der Waals surface area contributed by atoms with Gasteiger partial charge in [-0.2, -0.15) is 0 Å². The predicted octanol–water partition coefficient (Wildman–Crippen LogP) is 1.98. The monoisotopic (exact) mass is 298 g/mol. The molecule has 114 valence electrons. The molecule has 2 aromatic rings. The van der Waals surface area contributed by atoms with E-state index < -0.39 is 5.91 Å². The Labute approximate surface area is 129 Å². The molecule has 1 amide bonds. The first kappa shape index (κ1) is 14.4. The summed E-state index contributed by atoms with van der Waals surface area (Å²) in [6, 6.07) is 9.28. The molecule has 0 spiro atoms. The molecule has 1 aromatic carbocycles. The Kier molecular flexibility index (Phi) is 3.96. The van der Waals surface area contributed by atoms with Gasteiger partial charge in [0.1, 0.15) is 11.5 Å². The van der Waals surface area contributed by atoms with E-state index in [1.54, 1.807) is 25.4 Å². The van der Waals surface area contributed by atoms with Crippen molar-refractivity contribution in [2.24, 2.45) is 11.7 Å². The molecule has 22 heavy (non-hydrogen) atoms. The highest BCUT2D eigenvalue weighted by atomic mass is 16.5. The fourth-order valence-electron chi connectivity index (χ4n) is 2.71. The average Bonchev–Trinajstić information content (AvgIpc) is 2.54. The molecule has 1 aliphatic rings.